The summed E-state index contributed by atoms with van der Waals surface area (Å²) in [5, 5.41) is 9.41. The maximum Gasteiger partial charge on any atom is 0.261 e. The van der Waals surface area contributed by atoms with E-state index in [9.17, 15) is 13.5 Å². The second-order valence-corrected chi connectivity index (χ2v) is 11.8. The van der Waals surface area contributed by atoms with E-state index >= 15 is 0 Å². The third-order valence-electron chi connectivity index (χ3n) is 6.28. The van der Waals surface area contributed by atoms with Crippen molar-refractivity contribution in [2.45, 2.75) is 41.3 Å². The topological polar surface area (TPSA) is 84.9 Å². The van der Waals surface area contributed by atoms with Crippen LogP contribution in [0.3, 0.4) is 0 Å². The molecule has 196 valence electrons. The molecular weight excluding hydrogens is 518 g/mol. The minimum Gasteiger partial charge on any atom is -0.392 e. The minimum absolute atomic E-state index is 0.00570. The monoisotopic (exact) mass is 547 g/mol. The minimum atomic E-state index is -3.68. The van der Waals surface area contributed by atoms with Gasteiger partial charge in [0.1, 0.15) is 0 Å². The second kappa shape index (κ2) is 12.1. The third-order valence-corrected chi connectivity index (χ3v) is 8.82. The van der Waals surface area contributed by atoms with Crippen LogP contribution in [0.4, 0.5) is 5.69 Å². The Bertz CT molecular complexity index is 1410. The van der Waals surface area contributed by atoms with E-state index < -0.39 is 16.3 Å². The number of aliphatic hydroxyl groups excluding tert-OH is 1. The van der Waals surface area contributed by atoms with Crippen molar-refractivity contribution >= 4 is 27.5 Å². The van der Waals surface area contributed by atoms with Gasteiger partial charge in [0.15, 0.2) is 6.29 Å². The van der Waals surface area contributed by atoms with Crippen molar-refractivity contribution in [1.29, 1.82) is 0 Å². The molecule has 6 nitrogen and oxygen atoms in total. The molecule has 0 aromatic heterocycles. The van der Waals surface area contributed by atoms with E-state index in [0.29, 0.717) is 12.1 Å². The van der Waals surface area contributed by atoms with Crippen LogP contribution in [0.25, 0.3) is 0 Å². The molecule has 4 aromatic rings. The molecule has 1 saturated heterocycles. The van der Waals surface area contributed by atoms with Gasteiger partial charge < -0.3 is 14.6 Å². The Morgan fingerprint density at radius 2 is 1.42 bits per heavy atom. The number of thioether (sulfide) groups is 1. The lowest BCUT2D eigenvalue weighted by Gasteiger charge is -2.36. The molecule has 0 amide bonds. The normalized spacial score (nSPS) is 19.7. The van der Waals surface area contributed by atoms with Gasteiger partial charge >= 0.3 is 0 Å². The van der Waals surface area contributed by atoms with Crippen LogP contribution >= 0.6 is 11.8 Å². The first-order valence-corrected chi connectivity index (χ1v) is 14.8. The summed E-state index contributed by atoms with van der Waals surface area (Å²) in [5.74, 6) is 0.768. The van der Waals surface area contributed by atoms with Gasteiger partial charge in [-0.3, -0.25) is 4.72 Å². The summed E-state index contributed by atoms with van der Waals surface area (Å²) < 4.78 is 40.8. The predicted molar refractivity (Wildman–Crippen MR) is 149 cm³/mol. The van der Waals surface area contributed by atoms with Crippen LogP contribution in [0.15, 0.2) is 119 Å². The molecule has 38 heavy (non-hydrogen) atoms. The molecule has 0 aliphatic carbocycles. The fourth-order valence-corrected chi connectivity index (χ4v) is 6.27. The first-order valence-electron chi connectivity index (χ1n) is 12.4. The van der Waals surface area contributed by atoms with Crippen LogP contribution < -0.4 is 4.72 Å². The predicted octanol–water partition coefficient (Wildman–Crippen LogP) is 6.32. The Labute approximate surface area is 227 Å². The summed E-state index contributed by atoms with van der Waals surface area (Å²) in [6.45, 7) is -0.00570. The average molecular weight is 548 g/mol. The number of hydrogen-bond donors (Lipinski definition) is 2. The Morgan fingerprint density at radius 1 is 0.789 bits per heavy atom. The Hall–Kier alpha value is -3.14. The lowest BCUT2D eigenvalue weighted by atomic mass is 10.0. The number of aliphatic hydroxyl groups is 1. The van der Waals surface area contributed by atoms with E-state index in [0.717, 1.165) is 22.4 Å². The van der Waals surface area contributed by atoms with Gasteiger partial charge in [-0.25, -0.2) is 8.42 Å². The van der Waals surface area contributed by atoms with Gasteiger partial charge in [-0.15, -0.1) is 11.8 Å². The van der Waals surface area contributed by atoms with E-state index in [2.05, 4.69) is 16.9 Å². The number of hydrogen-bond acceptors (Lipinski definition) is 6. The lowest BCUT2D eigenvalue weighted by Crippen LogP contribution is -2.31. The largest absolute Gasteiger partial charge is 0.392 e. The molecule has 4 aromatic carbocycles. The molecule has 0 spiro atoms. The Kier molecular flexibility index (Phi) is 8.46. The zero-order chi connectivity index (χ0) is 26.4. The molecule has 3 atom stereocenters. The fraction of sp³-hybridized carbons (Fsp3) is 0.200. The molecule has 0 unspecified atom stereocenters. The quantitative estimate of drug-likeness (QED) is 0.239. The van der Waals surface area contributed by atoms with Crippen LogP contribution in [0.2, 0.25) is 0 Å². The molecule has 1 aliphatic heterocycles. The molecule has 0 saturated carbocycles. The smallest absolute Gasteiger partial charge is 0.261 e. The highest BCUT2D eigenvalue weighted by Crippen LogP contribution is 2.39. The van der Waals surface area contributed by atoms with Gasteiger partial charge in [-0.1, -0.05) is 72.8 Å². The maximum absolute atomic E-state index is 12.7. The van der Waals surface area contributed by atoms with Crippen molar-refractivity contribution in [1.82, 2.24) is 0 Å². The molecule has 1 heterocycles. The van der Waals surface area contributed by atoms with E-state index in [1.54, 1.807) is 54.2 Å². The summed E-state index contributed by atoms with van der Waals surface area (Å²) >= 11 is 1.74. The lowest BCUT2D eigenvalue weighted by molar-refractivity contribution is -0.245. The molecule has 1 fully saturated rings. The van der Waals surface area contributed by atoms with E-state index in [1.807, 2.05) is 54.6 Å². The number of rotatable bonds is 9. The fourth-order valence-electron chi connectivity index (χ4n) is 4.25. The van der Waals surface area contributed by atoms with Crippen LogP contribution in [0, 0.1) is 0 Å². The van der Waals surface area contributed by atoms with E-state index in [-0.39, 0.29) is 23.7 Å². The van der Waals surface area contributed by atoms with Gasteiger partial charge in [-0.05, 0) is 47.5 Å². The number of nitrogens with one attached hydrogen (secondary N) is 1. The van der Waals surface area contributed by atoms with Gasteiger partial charge in [0, 0.05) is 28.3 Å². The summed E-state index contributed by atoms with van der Waals surface area (Å²) in [4.78, 5) is 1.38. The summed E-state index contributed by atoms with van der Waals surface area (Å²) in [7, 11) is -3.68. The number of benzene rings is 4. The Morgan fingerprint density at radius 3 is 2.08 bits per heavy atom. The Balaban J connectivity index is 1.33. The summed E-state index contributed by atoms with van der Waals surface area (Å²) in [6.07, 6.45) is -0.145. The van der Waals surface area contributed by atoms with Gasteiger partial charge in [0.05, 0.1) is 23.7 Å². The van der Waals surface area contributed by atoms with Crippen molar-refractivity contribution in [3.05, 3.63) is 126 Å². The van der Waals surface area contributed by atoms with Crippen LogP contribution in [-0.4, -0.2) is 25.4 Å². The zero-order valence-electron chi connectivity index (χ0n) is 20.6. The SMILES string of the molecule is O=S(=O)(Nc1ccc([C@H]2O[C@@H](CSc3ccccc3)C[C@@H](c3ccc(CO)cc3)O2)cc1)c1ccccc1. The molecule has 5 rings (SSSR count). The first kappa shape index (κ1) is 26.5. The highest BCUT2D eigenvalue weighted by Gasteiger charge is 2.32. The molecule has 0 bridgehead atoms. The van der Waals surface area contributed by atoms with Gasteiger partial charge in [0.25, 0.3) is 10.0 Å². The van der Waals surface area contributed by atoms with E-state index in [1.165, 1.54) is 4.90 Å². The second-order valence-electron chi connectivity index (χ2n) is 9.01. The van der Waals surface area contributed by atoms with Crippen molar-refractivity contribution in [3.8, 4) is 0 Å². The highest BCUT2D eigenvalue weighted by atomic mass is 32.2. The number of sulfonamides is 1. The van der Waals surface area contributed by atoms with Crippen molar-refractivity contribution < 1.29 is 23.0 Å². The van der Waals surface area contributed by atoms with Crippen LogP contribution in [0.1, 0.15) is 35.5 Å². The molecular formula is C30H29NO5S2. The van der Waals surface area contributed by atoms with Crippen LogP contribution in [0.5, 0.6) is 0 Å². The van der Waals surface area contributed by atoms with E-state index in [4.69, 9.17) is 9.47 Å². The maximum atomic E-state index is 12.7. The van der Waals surface area contributed by atoms with Crippen LogP contribution in [-0.2, 0) is 26.1 Å². The molecule has 8 heteroatoms. The molecule has 0 radical (unpaired) electrons. The van der Waals surface area contributed by atoms with Gasteiger partial charge in [0.2, 0.25) is 0 Å². The zero-order valence-corrected chi connectivity index (χ0v) is 22.3. The summed E-state index contributed by atoms with van der Waals surface area (Å²) in [5.41, 5.74) is 3.14. The number of ether oxygens (including phenoxy) is 2. The highest BCUT2D eigenvalue weighted by molar-refractivity contribution is 7.99. The van der Waals surface area contributed by atoms with Crippen molar-refractivity contribution in [2.75, 3.05) is 10.5 Å². The number of anilines is 1. The van der Waals surface area contributed by atoms with Crippen molar-refractivity contribution in [3.63, 3.8) is 0 Å². The third kappa shape index (κ3) is 6.64. The standard InChI is InChI=1S/C30H29NO5S2/c32-20-22-11-13-23(14-12-22)29-19-26(21-37-27-7-3-1-4-8-27)35-30(36-29)24-15-17-25(18-16-24)31-38(33,34)28-9-5-2-6-10-28/h1-18,26,29-32H,19-21H2/t26-,29+,30+/m1/s1. The average Bonchev–Trinajstić information content (AvgIpc) is 2.97. The first-order chi connectivity index (χ1) is 18.5. The summed E-state index contributed by atoms with van der Waals surface area (Å²) in [6, 6.07) is 33.4. The van der Waals surface area contributed by atoms with Crippen molar-refractivity contribution in [2.24, 2.45) is 0 Å². The molecule has 1 aliphatic rings. The van der Waals surface area contributed by atoms with Gasteiger partial charge in [-0.2, -0.15) is 0 Å². The molecule has 2 N–H and O–H groups in total.